The molecule has 0 spiro atoms. The maximum atomic E-state index is 11.7. The molecule has 1 aromatic heterocycles. The summed E-state index contributed by atoms with van der Waals surface area (Å²) in [6, 6.07) is 4.03. The molecular weight excluding hydrogens is 234 g/mol. The summed E-state index contributed by atoms with van der Waals surface area (Å²) in [6.07, 6.45) is 6.19. The van der Waals surface area contributed by atoms with Gasteiger partial charge in [0.1, 0.15) is 0 Å². The van der Waals surface area contributed by atoms with Crippen molar-refractivity contribution in [3.8, 4) is 0 Å². The van der Waals surface area contributed by atoms with Crippen molar-refractivity contribution in [2.45, 2.75) is 31.7 Å². The summed E-state index contributed by atoms with van der Waals surface area (Å²) < 4.78 is 0. The van der Waals surface area contributed by atoms with Crippen LogP contribution in [0.1, 0.15) is 29.0 Å². The normalized spacial score (nSPS) is 18.0. The Morgan fingerprint density at radius 2 is 2.35 bits per heavy atom. The van der Waals surface area contributed by atoms with Crippen LogP contribution in [-0.4, -0.2) is 23.2 Å². The number of nitrogens with one attached hydrogen (secondary N) is 1. The topological polar surface area (TPSA) is 49.3 Å². The van der Waals surface area contributed by atoms with Gasteiger partial charge in [-0.15, -0.1) is 11.3 Å². The largest absolute Gasteiger partial charge is 0.394 e. The monoisotopic (exact) mass is 251 g/mol. The molecule has 0 aromatic carbocycles. The molecule has 1 saturated carbocycles. The van der Waals surface area contributed by atoms with Crippen LogP contribution in [0.2, 0.25) is 0 Å². The predicted molar refractivity (Wildman–Crippen MR) is 69.9 cm³/mol. The minimum atomic E-state index is -0.354. The molecule has 0 bridgehead atoms. The lowest BCUT2D eigenvalue weighted by Gasteiger charge is -2.40. The average Bonchev–Trinajstić information content (AvgIpc) is 2.67. The van der Waals surface area contributed by atoms with Crippen molar-refractivity contribution in [1.29, 1.82) is 0 Å². The second kappa shape index (κ2) is 5.02. The molecule has 3 nitrogen and oxygen atoms in total. The lowest BCUT2D eigenvalue weighted by atomic mass is 9.77. The van der Waals surface area contributed by atoms with Gasteiger partial charge >= 0.3 is 0 Å². The van der Waals surface area contributed by atoms with E-state index in [2.05, 4.69) is 5.32 Å². The summed E-state index contributed by atoms with van der Waals surface area (Å²) in [5.41, 5.74) is -0.354. The molecule has 2 N–H and O–H groups in total. The van der Waals surface area contributed by atoms with Gasteiger partial charge in [0, 0.05) is 15.8 Å². The molecule has 0 saturated heterocycles. The second-order valence-corrected chi connectivity index (χ2v) is 5.88. The molecule has 1 aromatic rings. The highest BCUT2D eigenvalue weighted by Gasteiger charge is 2.37. The van der Waals surface area contributed by atoms with Crippen LogP contribution in [-0.2, 0) is 4.79 Å². The molecule has 2 rings (SSSR count). The zero-order chi connectivity index (χ0) is 12.3. The molecule has 4 heteroatoms. The van der Waals surface area contributed by atoms with E-state index in [0.717, 1.165) is 24.1 Å². The minimum absolute atomic E-state index is 0.0324. The fourth-order valence-electron chi connectivity index (χ4n) is 1.93. The zero-order valence-electron chi connectivity index (χ0n) is 9.90. The van der Waals surface area contributed by atoms with Gasteiger partial charge in [-0.2, -0.15) is 0 Å². The maximum absolute atomic E-state index is 11.7. The third kappa shape index (κ3) is 2.96. The number of amides is 1. The summed E-state index contributed by atoms with van der Waals surface area (Å²) in [5.74, 6) is -0.121. The Balaban J connectivity index is 1.91. The first-order valence-corrected chi connectivity index (χ1v) is 6.63. The third-order valence-electron chi connectivity index (χ3n) is 3.16. The number of hydrogen-bond acceptors (Lipinski definition) is 3. The first-order valence-electron chi connectivity index (χ1n) is 5.81. The minimum Gasteiger partial charge on any atom is -0.394 e. The number of aliphatic hydroxyl groups is 1. The van der Waals surface area contributed by atoms with Crippen molar-refractivity contribution >= 4 is 23.3 Å². The van der Waals surface area contributed by atoms with E-state index in [1.807, 2.05) is 25.1 Å². The summed E-state index contributed by atoms with van der Waals surface area (Å²) in [6.45, 7) is 2.07. The van der Waals surface area contributed by atoms with Gasteiger partial charge in [-0.05, 0) is 44.4 Å². The van der Waals surface area contributed by atoms with Gasteiger partial charge in [-0.1, -0.05) is 0 Å². The van der Waals surface area contributed by atoms with Crippen LogP contribution in [0.4, 0.5) is 0 Å². The SMILES string of the molecule is Cc1ccc(/C=C/C(=O)NC2(CO)CCC2)s1. The molecular formula is C13H17NO2S. The van der Waals surface area contributed by atoms with E-state index in [9.17, 15) is 9.90 Å². The van der Waals surface area contributed by atoms with Gasteiger partial charge in [0.15, 0.2) is 0 Å². The number of aliphatic hydroxyl groups excluding tert-OH is 1. The van der Waals surface area contributed by atoms with Crippen molar-refractivity contribution in [2.75, 3.05) is 6.61 Å². The van der Waals surface area contributed by atoms with E-state index in [1.165, 1.54) is 4.88 Å². The molecule has 1 fully saturated rings. The van der Waals surface area contributed by atoms with E-state index in [0.29, 0.717) is 0 Å². The van der Waals surface area contributed by atoms with Gasteiger partial charge in [0.25, 0.3) is 0 Å². The Bertz CT molecular complexity index is 427. The van der Waals surface area contributed by atoms with Crippen LogP contribution in [0.15, 0.2) is 18.2 Å². The van der Waals surface area contributed by atoms with Crippen molar-refractivity contribution in [3.63, 3.8) is 0 Å². The first-order chi connectivity index (χ1) is 8.13. The molecule has 0 aliphatic heterocycles. The van der Waals surface area contributed by atoms with Gasteiger partial charge in [0.2, 0.25) is 5.91 Å². The second-order valence-electron chi connectivity index (χ2n) is 4.56. The molecule has 1 amide bonds. The van der Waals surface area contributed by atoms with E-state index < -0.39 is 0 Å². The Morgan fingerprint density at radius 3 is 2.82 bits per heavy atom. The number of hydrogen-bond donors (Lipinski definition) is 2. The summed E-state index contributed by atoms with van der Waals surface area (Å²) in [4.78, 5) is 14.0. The van der Waals surface area contributed by atoms with E-state index in [4.69, 9.17) is 0 Å². The van der Waals surface area contributed by atoms with E-state index >= 15 is 0 Å². The molecule has 17 heavy (non-hydrogen) atoms. The summed E-state index contributed by atoms with van der Waals surface area (Å²) >= 11 is 1.66. The fourth-order valence-corrected chi connectivity index (χ4v) is 2.71. The number of carbonyl (C=O) groups is 1. The molecule has 0 radical (unpaired) electrons. The molecule has 0 unspecified atom stereocenters. The predicted octanol–water partition coefficient (Wildman–Crippen LogP) is 2.10. The van der Waals surface area contributed by atoms with E-state index in [1.54, 1.807) is 17.4 Å². The smallest absolute Gasteiger partial charge is 0.244 e. The first kappa shape index (κ1) is 12.3. The number of rotatable bonds is 4. The van der Waals surface area contributed by atoms with Crippen LogP contribution in [0.3, 0.4) is 0 Å². The molecule has 1 aliphatic carbocycles. The van der Waals surface area contributed by atoms with Gasteiger partial charge in [-0.3, -0.25) is 4.79 Å². The fraction of sp³-hybridized carbons (Fsp3) is 0.462. The van der Waals surface area contributed by atoms with Crippen LogP contribution in [0.25, 0.3) is 6.08 Å². The molecule has 1 aliphatic rings. The zero-order valence-corrected chi connectivity index (χ0v) is 10.7. The highest BCUT2D eigenvalue weighted by atomic mass is 32.1. The van der Waals surface area contributed by atoms with Gasteiger partial charge < -0.3 is 10.4 Å². The van der Waals surface area contributed by atoms with Crippen LogP contribution < -0.4 is 5.32 Å². The quantitative estimate of drug-likeness (QED) is 0.805. The Morgan fingerprint density at radius 1 is 1.59 bits per heavy atom. The highest BCUT2D eigenvalue weighted by Crippen LogP contribution is 2.31. The molecule has 1 heterocycles. The van der Waals surface area contributed by atoms with Crippen molar-refractivity contribution < 1.29 is 9.90 Å². The number of thiophene rings is 1. The molecule has 92 valence electrons. The van der Waals surface area contributed by atoms with Crippen LogP contribution in [0, 0.1) is 6.92 Å². The number of aryl methyl sites for hydroxylation is 1. The van der Waals surface area contributed by atoms with Gasteiger partial charge in [-0.25, -0.2) is 0 Å². The third-order valence-corrected chi connectivity index (χ3v) is 4.13. The summed E-state index contributed by atoms with van der Waals surface area (Å²) in [7, 11) is 0. The van der Waals surface area contributed by atoms with Crippen molar-refractivity contribution in [1.82, 2.24) is 5.32 Å². The average molecular weight is 251 g/mol. The Kier molecular flexibility index (Phi) is 3.64. The van der Waals surface area contributed by atoms with E-state index in [-0.39, 0.29) is 18.1 Å². The van der Waals surface area contributed by atoms with Crippen molar-refractivity contribution in [2.24, 2.45) is 0 Å². The standard InChI is InChI=1S/C13H17NO2S/c1-10-3-4-11(17-10)5-6-12(16)14-13(9-15)7-2-8-13/h3-6,15H,2,7-9H2,1H3,(H,14,16)/b6-5+. The molecule has 0 atom stereocenters. The highest BCUT2D eigenvalue weighted by molar-refractivity contribution is 7.12. The lowest BCUT2D eigenvalue weighted by Crippen LogP contribution is -2.55. The lowest BCUT2D eigenvalue weighted by molar-refractivity contribution is -0.120. The number of carbonyl (C=O) groups excluding carboxylic acids is 1. The Labute approximate surface area is 105 Å². The van der Waals surface area contributed by atoms with Crippen molar-refractivity contribution in [3.05, 3.63) is 28.0 Å². The maximum Gasteiger partial charge on any atom is 0.244 e. The van der Waals surface area contributed by atoms with Crippen LogP contribution >= 0.6 is 11.3 Å². The van der Waals surface area contributed by atoms with Crippen LogP contribution in [0.5, 0.6) is 0 Å². The summed E-state index contributed by atoms with van der Waals surface area (Å²) in [5, 5.41) is 12.1. The van der Waals surface area contributed by atoms with Gasteiger partial charge in [0.05, 0.1) is 12.1 Å². The Hall–Kier alpha value is -1.13.